The van der Waals surface area contributed by atoms with Gasteiger partial charge in [0, 0.05) is 17.0 Å². The van der Waals surface area contributed by atoms with Crippen molar-refractivity contribution in [2.45, 2.75) is 19.1 Å². The fraction of sp³-hybridized carbons (Fsp3) is 0.364. The van der Waals surface area contributed by atoms with Crippen LogP contribution in [0.25, 0.3) is 0 Å². The average Bonchev–Trinajstić information content (AvgIpc) is 2.28. The lowest BCUT2D eigenvalue weighted by Crippen LogP contribution is -2.32. The Hall–Kier alpha value is -1.30. The zero-order chi connectivity index (χ0) is 12.4. The fourth-order valence-electron chi connectivity index (χ4n) is 1.73. The monoisotopic (exact) mass is 257 g/mol. The van der Waals surface area contributed by atoms with E-state index < -0.39 is 12.0 Å². The van der Waals surface area contributed by atoms with E-state index in [1.165, 1.54) is 0 Å². The number of benzene rings is 1. The number of carboxylic acids is 1. The van der Waals surface area contributed by atoms with E-state index in [1.54, 1.807) is 12.1 Å². The number of ether oxygens (including phenoxy) is 2. The van der Waals surface area contributed by atoms with Gasteiger partial charge in [-0.15, -0.1) is 0 Å². The largest absolute Gasteiger partial charge is 0.480 e. The molecule has 1 aliphatic heterocycles. The van der Waals surface area contributed by atoms with Gasteiger partial charge >= 0.3 is 5.97 Å². The zero-order valence-corrected chi connectivity index (χ0v) is 9.74. The first-order valence-electron chi connectivity index (χ1n) is 5.08. The fourth-order valence-corrected chi connectivity index (χ4v) is 2.00. The van der Waals surface area contributed by atoms with Gasteiger partial charge in [0.1, 0.15) is 11.8 Å². The summed E-state index contributed by atoms with van der Waals surface area (Å²) < 4.78 is 10.5. The van der Waals surface area contributed by atoms with Crippen LogP contribution in [-0.2, 0) is 22.6 Å². The quantitative estimate of drug-likeness (QED) is 0.849. The standard InChI is InChI=1S/C11H12ClNO4/c12-8-1-6(3-9(13)11(14)15)10-7(2-8)4-16-5-17-10/h1-2,9H,3-5,13H2,(H,14,15). The maximum absolute atomic E-state index is 10.7. The second kappa shape index (κ2) is 4.91. The van der Waals surface area contributed by atoms with Gasteiger partial charge in [0.15, 0.2) is 6.79 Å². The van der Waals surface area contributed by atoms with Crippen LogP contribution in [0.1, 0.15) is 11.1 Å². The van der Waals surface area contributed by atoms with Crippen molar-refractivity contribution in [3.8, 4) is 5.75 Å². The van der Waals surface area contributed by atoms with Gasteiger partial charge in [-0.3, -0.25) is 4.79 Å². The first-order valence-corrected chi connectivity index (χ1v) is 5.46. The number of carboxylic acid groups (broad SMARTS) is 1. The van der Waals surface area contributed by atoms with Crippen LogP contribution < -0.4 is 10.5 Å². The average molecular weight is 258 g/mol. The van der Waals surface area contributed by atoms with Crippen LogP contribution in [0, 0.1) is 0 Å². The number of hydrogen-bond acceptors (Lipinski definition) is 4. The molecule has 17 heavy (non-hydrogen) atoms. The number of hydrogen-bond donors (Lipinski definition) is 2. The summed E-state index contributed by atoms with van der Waals surface area (Å²) in [5.74, 6) is -0.414. The first kappa shape index (κ1) is 12.2. The van der Waals surface area contributed by atoms with Crippen molar-refractivity contribution in [1.29, 1.82) is 0 Å². The van der Waals surface area contributed by atoms with Gasteiger partial charge in [0.2, 0.25) is 0 Å². The second-order valence-corrected chi connectivity index (χ2v) is 4.25. The van der Waals surface area contributed by atoms with Gasteiger partial charge < -0.3 is 20.3 Å². The maximum atomic E-state index is 10.7. The van der Waals surface area contributed by atoms with E-state index in [4.69, 9.17) is 31.9 Å². The third-order valence-electron chi connectivity index (χ3n) is 2.51. The van der Waals surface area contributed by atoms with Crippen LogP contribution >= 0.6 is 11.6 Å². The molecule has 5 nitrogen and oxygen atoms in total. The molecule has 0 saturated carbocycles. The smallest absolute Gasteiger partial charge is 0.320 e. The molecule has 3 N–H and O–H groups in total. The normalized spacial score (nSPS) is 15.9. The number of rotatable bonds is 3. The molecule has 0 saturated heterocycles. The molecule has 0 amide bonds. The predicted octanol–water partition coefficient (Wildman–Crippen LogP) is 1.16. The Labute approximate surface area is 103 Å². The highest BCUT2D eigenvalue weighted by Gasteiger charge is 2.20. The molecule has 1 aliphatic rings. The number of fused-ring (bicyclic) bond motifs is 1. The highest BCUT2D eigenvalue weighted by molar-refractivity contribution is 6.30. The Morgan fingerprint density at radius 2 is 2.35 bits per heavy atom. The molecule has 92 valence electrons. The van der Waals surface area contributed by atoms with E-state index in [9.17, 15) is 4.79 Å². The van der Waals surface area contributed by atoms with Gasteiger partial charge in [-0.1, -0.05) is 11.6 Å². The molecular weight excluding hydrogens is 246 g/mol. The summed E-state index contributed by atoms with van der Waals surface area (Å²) in [6, 6.07) is 2.45. The van der Waals surface area contributed by atoms with Crippen LogP contribution in [0.15, 0.2) is 12.1 Å². The minimum atomic E-state index is -1.05. The third-order valence-corrected chi connectivity index (χ3v) is 2.73. The SMILES string of the molecule is NC(Cc1cc(Cl)cc2c1OCOC2)C(=O)O. The van der Waals surface area contributed by atoms with E-state index >= 15 is 0 Å². The highest BCUT2D eigenvalue weighted by Crippen LogP contribution is 2.32. The number of carbonyl (C=O) groups is 1. The Morgan fingerprint density at radius 1 is 1.59 bits per heavy atom. The summed E-state index contributed by atoms with van der Waals surface area (Å²) in [5.41, 5.74) is 7.02. The molecule has 1 aromatic carbocycles. The minimum Gasteiger partial charge on any atom is -0.480 e. The Balaban J connectivity index is 2.32. The zero-order valence-electron chi connectivity index (χ0n) is 8.98. The predicted molar refractivity (Wildman–Crippen MR) is 61.1 cm³/mol. The lowest BCUT2D eigenvalue weighted by molar-refractivity contribution is -0.138. The summed E-state index contributed by atoms with van der Waals surface area (Å²) >= 11 is 5.95. The number of halogens is 1. The van der Waals surface area contributed by atoms with Crippen molar-refractivity contribution in [3.05, 3.63) is 28.3 Å². The molecule has 0 spiro atoms. The van der Waals surface area contributed by atoms with Crippen molar-refractivity contribution in [3.63, 3.8) is 0 Å². The van der Waals surface area contributed by atoms with Crippen molar-refractivity contribution in [2.24, 2.45) is 5.73 Å². The Kier molecular flexibility index (Phi) is 3.51. The van der Waals surface area contributed by atoms with Crippen molar-refractivity contribution >= 4 is 17.6 Å². The van der Waals surface area contributed by atoms with Crippen molar-refractivity contribution < 1.29 is 19.4 Å². The Morgan fingerprint density at radius 3 is 3.06 bits per heavy atom. The van der Waals surface area contributed by atoms with E-state index in [1.807, 2.05) is 0 Å². The van der Waals surface area contributed by atoms with Crippen LogP contribution in [0.2, 0.25) is 5.02 Å². The second-order valence-electron chi connectivity index (χ2n) is 3.81. The summed E-state index contributed by atoms with van der Waals surface area (Å²) in [6.07, 6.45) is 0.179. The van der Waals surface area contributed by atoms with Gasteiger partial charge in [0.05, 0.1) is 6.61 Å². The molecule has 6 heteroatoms. The van der Waals surface area contributed by atoms with Gasteiger partial charge in [-0.2, -0.15) is 0 Å². The van der Waals surface area contributed by atoms with Crippen LogP contribution in [0.3, 0.4) is 0 Å². The molecule has 2 rings (SSSR count). The third kappa shape index (κ3) is 2.69. The molecule has 1 atom stereocenters. The van der Waals surface area contributed by atoms with Crippen LogP contribution in [-0.4, -0.2) is 23.9 Å². The molecule has 1 heterocycles. The van der Waals surface area contributed by atoms with E-state index in [2.05, 4.69) is 0 Å². The molecule has 0 fully saturated rings. The molecular formula is C11H12ClNO4. The lowest BCUT2D eigenvalue weighted by Gasteiger charge is -2.21. The van der Waals surface area contributed by atoms with Crippen molar-refractivity contribution in [2.75, 3.05) is 6.79 Å². The van der Waals surface area contributed by atoms with Crippen molar-refractivity contribution in [1.82, 2.24) is 0 Å². The van der Waals surface area contributed by atoms with Gasteiger partial charge in [-0.05, 0) is 17.7 Å². The van der Waals surface area contributed by atoms with Gasteiger partial charge in [0.25, 0.3) is 0 Å². The van der Waals surface area contributed by atoms with Crippen LogP contribution in [0.5, 0.6) is 5.75 Å². The molecule has 0 bridgehead atoms. The van der Waals surface area contributed by atoms with Crippen LogP contribution in [0.4, 0.5) is 0 Å². The molecule has 0 aromatic heterocycles. The summed E-state index contributed by atoms with van der Waals surface area (Å²) in [6.45, 7) is 0.565. The summed E-state index contributed by atoms with van der Waals surface area (Å²) in [7, 11) is 0. The molecule has 1 aromatic rings. The van der Waals surface area contributed by atoms with E-state index in [0.717, 1.165) is 5.56 Å². The summed E-state index contributed by atoms with van der Waals surface area (Å²) in [4.78, 5) is 10.7. The molecule has 1 unspecified atom stereocenters. The highest BCUT2D eigenvalue weighted by atomic mass is 35.5. The first-order chi connectivity index (χ1) is 8.08. The van der Waals surface area contributed by atoms with Gasteiger partial charge in [-0.25, -0.2) is 0 Å². The summed E-state index contributed by atoms with van der Waals surface area (Å²) in [5, 5.41) is 9.31. The topological polar surface area (TPSA) is 81.8 Å². The lowest BCUT2D eigenvalue weighted by atomic mass is 10.0. The molecule has 0 aliphatic carbocycles. The maximum Gasteiger partial charge on any atom is 0.320 e. The number of aliphatic carboxylic acids is 1. The van der Waals surface area contributed by atoms with E-state index in [0.29, 0.717) is 22.9 Å². The molecule has 0 radical (unpaired) electrons. The number of nitrogens with two attached hydrogens (primary N) is 1. The van der Waals surface area contributed by atoms with E-state index in [-0.39, 0.29) is 13.2 Å². The minimum absolute atomic E-state index is 0.157. The Bertz CT molecular complexity index is 449.